The predicted molar refractivity (Wildman–Crippen MR) is 96.4 cm³/mol. The molecule has 0 atom stereocenters. The molecule has 2 fully saturated rings. The Morgan fingerprint density at radius 2 is 1.72 bits per heavy atom. The molecule has 29 heavy (non-hydrogen) atoms. The molecular weight excluding hydrogens is 411 g/mol. The molecule has 1 saturated heterocycles. The van der Waals surface area contributed by atoms with Crippen LogP contribution < -0.4 is 0 Å². The van der Waals surface area contributed by atoms with Crippen molar-refractivity contribution in [2.75, 3.05) is 26.2 Å². The first-order valence-corrected chi connectivity index (χ1v) is 11.1. The highest BCUT2D eigenvalue weighted by molar-refractivity contribution is 7.89. The Morgan fingerprint density at radius 3 is 2.34 bits per heavy atom. The van der Waals surface area contributed by atoms with E-state index in [1.807, 2.05) is 0 Å². The molecule has 0 radical (unpaired) electrons. The van der Waals surface area contributed by atoms with Gasteiger partial charge in [-0.15, -0.1) is 0 Å². The predicted octanol–water partition coefficient (Wildman–Crippen LogP) is 3.59. The molecule has 0 unspecified atom stereocenters. The Morgan fingerprint density at radius 1 is 1.03 bits per heavy atom. The van der Waals surface area contributed by atoms with E-state index in [0.29, 0.717) is 38.3 Å². The van der Waals surface area contributed by atoms with Gasteiger partial charge in [-0.1, -0.05) is 24.4 Å². The summed E-state index contributed by atoms with van der Waals surface area (Å²) in [6, 6.07) is 3.72. The molecule has 7 nitrogen and oxygen atoms in total. The van der Waals surface area contributed by atoms with Gasteiger partial charge < -0.3 is 8.94 Å². The van der Waals surface area contributed by atoms with Gasteiger partial charge in [-0.2, -0.15) is 17.5 Å². The number of halogens is 3. The van der Waals surface area contributed by atoms with Gasteiger partial charge in [-0.05, 0) is 25.0 Å². The Kier molecular flexibility index (Phi) is 5.47. The standard InChI is InChI=1S/C18H22F3N3O4S/c19-18(20,21)16-12-14(22-28-16)15-6-7-17(27-15)29(25,26)24-10-8-23(9-11-24)13-4-2-1-3-5-13/h6-7,12-13H,1-5,8-11H2. The zero-order chi connectivity index (χ0) is 20.6. The molecule has 1 saturated carbocycles. The minimum atomic E-state index is -4.68. The van der Waals surface area contributed by atoms with Crippen LogP contribution in [0.1, 0.15) is 37.9 Å². The molecular formula is C18H22F3N3O4S. The van der Waals surface area contributed by atoms with E-state index in [0.717, 1.165) is 12.8 Å². The SMILES string of the molecule is O=S(=O)(c1ccc(-c2cc(C(F)(F)F)on2)o1)N1CCN(C2CCCCC2)CC1. The third-order valence-corrected chi connectivity index (χ3v) is 7.35. The van der Waals surface area contributed by atoms with Crippen molar-refractivity contribution < 1.29 is 30.5 Å². The molecule has 4 rings (SSSR count). The minimum absolute atomic E-state index is 0.0938. The topological polar surface area (TPSA) is 79.8 Å². The Labute approximate surface area is 166 Å². The van der Waals surface area contributed by atoms with Crippen molar-refractivity contribution in [3.8, 4) is 11.5 Å². The number of furan rings is 1. The quantitative estimate of drug-likeness (QED) is 0.733. The molecule has 2 aliphatic rings. The van der Waals surface area contributed by atoms with Crippen LogP contribution in [0, 0.1) is 0 Å². The largest absolute Gasteiger partial charge is 0.452 e. The van der Waals surface area contributed by atoms with E-state index in [9.17, 15) is 21.6 Å². The molecule has 0 N–H and O–H groups in total. The van der Waals surface area contributed by atoms with Crippen molar-refractivity contribution in [2.24, 2.45) is 0 Å². The molecule has 0 aromatic carbocycles. The molecule has 2 aromatic rings. The molecule has 1 aliphatic carbocycles. The molecule has 1 aliphatic heterocycles. The fourth-order valence-electron chi connectivity index (χ4n) is 4.00. The Hall–Kier alpha value is -1.85. The summed E-state index contributed by atoms with van der Waals surface area (Å²) >= 11 is 0. The van der Waals surface area contributed by atoms with Gasteiger partial charge in [0.2, 0.25) is 10.9 Å². The van der Waals surface area contributed by atoms with Crippen LogP contribution in [0.15, 0.2) is 32.2 Å². The summed E-state index contributed by atoms with van der Waals surface area (Å²) < 4.78 is 74.6. The number of hydrogen-bond donors (Lipinski definition) is 0. The van der Waals surface area contributed by atoms with E-state index in [1.165, 1.54) is 35.7 Å². The average molecular weight is 433 g/mol. The smallest absolute Gasteiger partial charge is 0.441 e. The summed E-state index contributed by atoms with van der Waals surface area (Å²) in [7, 11) is -3.87. The number of hydrogen-bond acceptors (Lipinski definition) is 6. The van der Waals surface area contributed by atoms with Crippen molar-refractivity contribution >= 4 is 10.0 Å². The molecule has 160 valence electrons. The number of aromatic nitrogens is 1. The number of sulfonamides is 1. The van der Waals surface area contributed by atoms with Crippen LogP contribution in [0.4, 0.5) is 13.2 Å². The average Bonchev–Trinajstić information content (AvgIpc) is 3.38. The molecule has 2 aromatic heterocycles. The molecule has 3 heterocycles. The van der Waals surface area contributed by atoms with Crippen LogP contribution in [0.5, 0.6) is 0 Å². The van der Waals surface area contributed by atoms with Crippen molar-refractivity contribution in [2.45, 2.75) is 49.4 Å². The lowest BCUT2D eigenvalue weighted by Crippen LogP contribution is -2.52. The first kappa shape index (κ1) is 20.4. The van der Waals surface area contributed by atoms with Crippen LogP contribution in [0.25, 0.3) is 11.5 Å². The van der Waals surface area contributed by atoms with Crippen LogP contribution in [-0.4, -0.2) is 55.0 Å². The highest BCUT2D eigenvalue weighted by Crippen LogP contribution is 2.33. The van der Waals surface area contributed by atoms with Crippen molar-refractivity contribution in [1.29, 1.82) is 0 Å². The number of rotatable bonds is 4. The third-order valence-electron chi connectivity index (χ3n) is 5.58. The van der Waals surface area contributed by atoms with Crippen LogP contribution in [-0.2, 0) is 16.2 Å². The van der Waals surface area contributed by atoms with Gasteiger partial charge in [0.1, 0.15) is 5.69 Å². The van der Waals surface area contributed by atoms with Gasteiger partial charge >= 0.3 is 6.18 Å². The Bertz CT molecular complexity index is 940. The maximum atomic E-state index is 12.9. The van der Waals surface area contributed by atoms with E-state index in [1.54, 1.807) is 0 Å². The highest BCUT2D eigenvalue weighted by atomic mass is 32.2. The fourth-order valence-corrected chi connectivity index (χ4v) is 5.34. The van der Waals surface area contributed by atoms with E-state index < -0.39 is 22.0 Å². The van der Waals surface area contributed by atoms with Gasteiger partial charge in [-0.3, -0.25) is 4.90 Å². The molecule has 0 amide bonds. The first-order chi connectivity index (χ1) is 13.7. The third kappa shape index (κ3) is 4.22. The maximum Gasteiger partial charge on any atom is 0.452 e. The highest BCUT2D eigenvalue weighted by Gasteiger charge is 2.37. The number of nitrogens with zero attached hydrogens (tertiary/aromatic N) is 3. The van der Waals surface area contributed by atoms with E-state index in [2.05, 4.69) is 14.6 Å². The summed E-state index contributed by atoms with van der Waals surface area (Å²) in [5.74, 6) is -1.36. The summed E-state index contributed by atoms with van der Waals surface area (Å²) in [6.45, 7) is 2.04. The summed E-state index contributed by atoms with van der Waals surface area (Å²) in [5.41, 5.74) is -0.208. The Balaban J connectivity index is 1.44. The van der Waals surface area contributed by atoms with Crippen LogP contribution in [0.2, 0.25) is 0 Å². The summed E-state index contributed by atoms with van der Waals surface area (Å²) in [5, 5.41) is 3.01. The second-order valence-corrected chi connectivity index (χ2v) is 9.29. The van der Waals surface area contributed by atoms with E-state index in [4.69, 9.17) is 4.42 Å². The van der Waals surface area contributed by atoms with Gasteiger partial charge in [0.25, 0.3) is 10.0 Å². The van der Waals surface area contributed by atoms with Crippen LogP contribution >= 0.6 is 0 Å². The van der Waals surface area contributed by atoms with Gasteiger partial charge in [0.05, 0.1) is 0 Å². The maximum absolute atomic E-state index is 12.9. The minimum Gasteiger partial charge on any atom is -0.441 e. The second kappa shape index (κ2) is 7.77. The van der Waals surface area contributed by atoms with Crippen molar-refractivity contribution in [1.82, 2.24) is 14.4 Å². The van der Waals surface area contributed by atoms with Crippen molar-refractivity contribution in [3.05, 3.63) is 24.0 Å². The van der Waals surface area contributed by atoms with E-state index in [-0.39, 0.29) is 16.5 Å². The van der Waals surface area contributed by atoms with Crippen LogP contribution in [0.3, 0.4) is 0 Å². The normalized spacial score (nSPS) is 20.9. The molecule has 0 bridgehead atoms. The zero-order valence-corrected chi connectivity index (χ0v) is 16.5. The van der Waals surface area contributed by atoms with Crippen molar-refractivity contribution in [3.63, 3.8) is 0 Å². The van der Waals surface area contributed by atoms with E-state index >= 15 is 0 Å². The fraction of sp³-hybridized carbons (Fsp3) is 0.611. The zero-order valence-electron chi connectivity index (χ0n) is 15.7. The first-order valence-electron chi connectivity index (χ1n) is 9.63. The second-order valence-electron chi connectivity index (χ2n) is 7.42. The lowest BCUT2D eigenvalue weighted by atomic mass is 9.94. The lowest BCUT2D eigenvalue weighted by Gasteiger charge is -2.39. The number of piperazine rings is 1. The van der Waals surface area contributed by atoms with Gasteiger partial charge in [0, 0.05) is 38.3 Å². The summed E-state index contributed by atoms with van der Waals surface area (Å²) in [4.78, 5) is 2.35. The number of alkyl halides is 3. The van der Waals surface area contributed by atoms with Gasteiger partial charge in [-0.25, -0.2) is 8.42 Å². The molecule has 0 spiro atoms. The van der Waals surface area contributed by atoms with Gasteiger partial charge in [0.15, 0.2) is 5.76 Å². The monoisotopic (exact) mass is 433 g/mol. The molecule has 11 heteroatoms. The lowest BCUT2D eigenvalue weighted by molar-refractivity contribution is -0.155. The summed E-state index contributed by atoms with van der Waals surface area (Å²) in [6.07, 6.45) is 1.34.